The van der Waals surface area contributed by atoms with Crippen molar-refractivity contribution >= 4 is 22.7 Å². The van der Waals surface area contributed by atoms with E-state index in [9.17, 15) is 4.79 Å². The third-order valence-electron chi connectivity index (χ3n) is 5.65. The third-order valence-corrected chi connectivity index (χ3v) is 5.65. The number of rotatable bonds is 4. The average Bonchev–Trinajstić information content (AvgIpc) is 3.52. The molecule has 0 radical (unpaired) electrons. The lowest BCUT2D eigenvalue weighted by Gasteiger charge is -2.20. The van der Waals surface area contributed by atoms with Gasteiger partial charge in [-0.05, 0) is 60.4 Å². The van der Waals surface area contributed by atoms with Gasteiger partial charge < -0.3 is 18.6 Å². The Balaban J connectivity index is 1.44. The molecule has 1 aliphatic rings. The summed E-state index contributed by atoms with van der Waals surface area (Å²) in [6.07, 6.45) is 3.27. The van der Waals surface area contributed by atoms with Gasteiger partial charge in [0.25, 0.3) is 5.91 Å². The second kappa shape index (κ2) is 7.37. The molecule has 3 heterocycles. The Morgan fingerprint density at radius 3 is 2.63 bits per heavy atom. The minimum atomic E-state index is -0.169. The van der Waals surface area contributed by atoms with E-state index in [1.807, 2.05) is 32.3 Å². The molecule has 0 aliphatic carbocycles. The van der Waals surface area contributed by atoms with Crippen LogP contribution in [0.1, 0.15) is 35.3 Å². The van der Waals surface area contributed by atoms with E-state index in [1.165, 1.54) is 6.26 Å². The second-order valence-corrected chi connectivity index (χ2v) is 7.81. The minimum absolute atomic E-state index is 0.119. The molecule has 1 fully saturated rings. The number of benzene rings is 2. The van der Waals surface area contributed by atoms with Crippen LogP contribution >= 0.6 is 0 Å². The Morgan fingerprint density at radius 2 is 1.90 bits per heavy atom. The summed E-state index contributed by atoms with van der Waals surface area (Å²) >= 11 is 0. The molecule has 0 spiro atoms. The molecule has 0 bridgehead atoms. The third kappa shape index (κ3) is 3.24. The van der Waals surface area contributed by atoms with Crippen molar-refractivity contribution in [2.24, 2.45) is 0 Å². The van der Waals surface area contributed by atoms with Gasteiger partial charge in [-0.25, -0.2) is 4.98 Å². The zero-order chi connectivity index (χ0) is 20.7. The van der Waals surface area contributed by atoms with Crippen LogP contribution < -0.4 is 4.90 Å². The highest BCUT2D eigenvalue weighted by molar-refractivity contribution is 5.92. The Hall–Kier alpha value is -3.54. The number of oxazole rings is 1. The molecular weight excluding hydrogens is 378 g/mol. The van der Waals surface area contributed by atoms with Gasteiger partial charge in [0.1, 0.15) is 11.6 Å². The first-order valence-electron chi connectivity index (χ1n) is 10.1. The Bertz CT molecular complexity index is 1180. The number of carbonyl (C=O) groups is 1. The number of hydrogen-bond donors (Lipinski definition) is 0. The number of aromatic nitrogens is 1. The topological polar surface area (TPSA) is 62.7 Å². The monoisotopic (exact) mass is 401 g/mol. The SMILES string of the molecule is CN(C)c1ccc(-c2ccc3oc(C4CCCN4C(=O)c4ccco4)nc3c2)cc1. The zero-order valence-electron chi connectivity index (χ0n) is 17.0. The van der Waals surface area contributed by atoms with Crippen molar-refractivity contribution in [3.05, 3.63) is 72.5 Å². The summed E-state index contributed by atoms with van der Waals surface area (Å²) in [7, 11) is 4.06. The molecule has 1 aliphatic heterocycles. The van der Waals surface area contributed by atoms with Gasteiger partial charge in [-0.15, -0.1) is 0 Å². The van der Waals surface area contributed by atoms with E-state index in [0.29, 0.717) is 18.2 Å². The predicted molar refractivity (Wildman–Crippen MR) is 115 cm³/mol. The van der Waals surface area contributed by atoms with Crippen molar-refractivity contribution < 1.29 is 13.6 Å². The number of likely N-dealkylation sites (tertiary alicyclic amines) is 1. The Morgan fingerprint density at radius 1 is 1.10 bits per heavy atom. The molecule has 6 nitrogen and oxygen atoms in total. The molecule has 0 N–H and O–H groups in total. The van der Waals surface area contributed by atoms with Gasteiger partial charge in [-0.1, -0.05) is 18.2 Å². The van der Waals surface area contributed by atoms with E-state index in [0.717, 1.165) is 40.8 Å². The molecule has 1 atom stereocenters. The number of furan rings is 1. The average molecular weight is 401 g/mol. The van der Waals surface area contributed by atoms with Crippen molar-refractivity contribution in [2.45, 2.75) is 18.9 Å². The summed E-state index contributed by atoms with van der Waals surface area (Å²) in [6, 6.07) is 17.7. The van der Waals surface area contributed by atoms with Crippen LogP contribution in [0.5, 0.6) is 0 Å². The smallest absolute Gasteiger partial charge is 0.290 e. The lowest BCUT2D eigenvalue weighted by atomic mass is 10.0. The van der Waals surface area contributed by atoms with E-state index < -0.39 is 0 Å². The zero-order valence-corrected chi connectivity index (χ0v) is 17.0. The molecule has 1 amide bonds. The lowest BCUT2D eigenvalue weighted by Crippen LogP contribution is -2.30. The fourth-order valence-electron chi connectivity index (χ4n) is 4.03. The van der Waals surface area contributed by atoms with Gasteiger partial charge in [0, 0.05) is 26.3 Å². The standard InChI is InChI=1S/C24H23N3O3/c1-26(2)18-10-7-16(8-11-18)17-9-12-21-19(15-17)25-23(30-21)20-5-3-13-27(20)24(28)22-6-4-14-29-22/h4,6-12,14-15,20H,3,5,13H2,1-2H3. The summed E-state index contributed by atoms with van der Waals surface area (Å²) in [5.74, 6) is 0.815. The molecule has 1 saturated heterocycles. The first-order valence-corrected chi connectivity index (χ1v) is 10.1. The molecule has 4 aromatic rings. The maximum absolute atomic E-state index is 12.8. The van der Waals surface area contributed by atoms with Crippen LogP contribution in [0.4, 0.5) is 5.69 Å². The van der Waals surface area contributed by atoms with E-state index in [2.05, 4.69) is 29.2 Å². The minimum Gasteiger partial charge on any atom is -0.459 e. The second-order valence-electron chi connectivity index (χ2n) is 7.81. The lowest BCUT2D eigenvalue weighted by molar-refractivity contribution is 0.0684. The highest BCUT2D eigenvalue weighted by Crippen LogP contribution is 2.35. The largest absolute Gasteiger partial charge is 0.459 e. The molecular formula is C24H23N3O3. The fourth-order valence-corrected chi connectivity index (χ4v) is 4.03. The van der Waals surface area contributed by atoms with Gasteiger partial charge in [-0.3, -0.25) is 4.79 Å². The molecule has 152 valence electrons. The van der Waals surface area contributed by atoms with Crippen LogP contribution in [-0.2, 0) is 0 Å². The summed E-state index contributed by atoms with van der Waals surface area (Å²) in [4.78, 5) is 21.4. The quantitative estimate of drug-likeness (QED) is 0.474. The van der Waals surface area contributed by atoms with Crippen LogP contribution in [0.2, 0.25) is 0 Å². The van der Waals surface area contributed by atoms with E-state index in [-0.39, 0.29) is 11.9 Å². The number of anilines is 1. The van der Waals surface area contributed by atoms with Gasteiger partial charge in [-0.2, -0.15) is 0 Å². The number of fused-ring (bicyclic) bond motifs is 1. The molecule has 2 aromatic heterocycles. The van der Waals surface area contributed by atoms with Crippen LogP contribution in [-0.4, -0.2) is 36.4 Å². The highest BCUT2D eigenvalue weighted by atomic mass is 16.4. The van der Waals surface area contributed by atoms with Crippen LogP contribution in [0.15, 0.2) is 69.7 Å². The molecule has 5 rings (SSSR count). The van der Waals surface area contributed by atoms with Crippen molar-refractivity contribution in [3.8, 4) is 11.1 Å². The van der Waals surface area contributed by atoms with Gasteiger partial charge in [0.2, 0.25) is 5.89 Å². The predicted octanol–water partition coefficient (Wildman–Crippen LogP) is 5.13. The maximum atomic E-state index is 12.8. The van der Waals surface area contributed by atoms with E-state index in [4.69, 9.17) is 13.8 Å². The highest BCUT2D eigenvalue weighted by Gasteiger charge is 2.35. The van der Waals surface area contributed by atoms with Crippen molar-refractivity contribution in [2.75, 3.05) is 25.5 Å². The molecule has 0 saturated carbocycles. The first kappa shape index (κ1) is 18.5. The van der Waals surface area contributed by atoms with E-state index in [1.54, 1.807) is 17.0 Å². The van der Waals surface area contributed by atoms with Crippen molar-refractivity contribution in [3.63, 3.8) is 0 Å². The van der Waals surface area contributed by atoms with Crippen LogP contribution in [0, 0.1) is 0 Å². The number of amides is 1. The Labute approximate surface area is 174 Å². The number of hydrogen-bond acceptors (Lipinski definition) is 5. The van der Waals surface area contributed by atoms with Crippen molar-refractivity contribution in [1.82, 2.24) is 9.88 Å². The Kier molecular flexibility index (Phi) is 4.54. The number of nitrogens with zero attached hydrogens (tertiary/aromatic N) is 3. The molecule has 6 heteroatoms. The summed E-state index contributed by atoms with van der Waals surface area (Å²) in [5, 5.41) is 0. The normalized spacial score (nSPS) is 16.3. The molecule has 2 aromatic carbocycles. The van der Waals surface area contributed by atoms with Crippen molar-refractivity contribution in [1.29, 1.82) is 0 Å². The summed E-state index contributed by atoms with van der Waals surface area (Å²) < 4.78 is 11.3. The van der Waals surface area contributed by atoms with Gasteiger partial charge in [0.05, 0.1) is 6.26 Å². The summed E-state index contributed by atoms with van der Waals surface area (Å²) in [6.45, 7) is 0.673. The number of carbonyl (C=O) groups excluding carboxylic acids is 1. The van der Waals surface area contributed by atoms with Gasteiger partial charge >= 0.3 is 0 Å². The first-order chi connectivity index (χ1) is 14.6. The molecule has 1 unspecified atom stereocenters. The van der Waals surface area contributed by atoms with Crippen LogP contribution in [0.25, 0.3) is 22.2 Å². The van der Waals surface area contributed by atoms with E-state index >= 15 is 0 Å². The molecule has 30 heavy (non-hydrogen) atoms. The van der Waals surface area contributed by atoms with Gasteiger partial charge in [0.15, 0.2) is 11.3 Å². The maximum Gasteiger partial charge on any atom is 0.290 e. The fraction of sp³-hybridized carbons (Fsp3) is 0.250. The summed E-state index contributed by atoms with van der Waals surface area (Å²) in [5.41, 5.74) is 4.91. The van der Waals surface area contributed by atoms with Crippen LogP contribution in [0.3, 0.4) is 0 Å².